The highest BCUT2D eigenvalue weighted by molar-refractivity contribution is 7.87. The average Bonchev–Trinajstić information content (AvgIpc) is 1.87. The van der Waals surface area contributed by atoms with Gasteiger partial charge in [0.2, 0.25) is 0 Å². The normalized spacial score (nSPS) is 28.1. The molecular weight excluding hydrogens is 110 g/mol. The first-order valence-electron chi connectivity index (χ1n) is 1.93. The van der Waals surface area contributed by atoms with E-state index in [1.54, 1.807) is 11.5 Å². The lowest BCUT2D eigenvalue weighted by atomic mass is 10.4. The molecule has 0 fully saturated rings. The quantitative estimate of drug-likeness (QED) is 0.455. The second-order valence-electron chi connectivity index (χ2n) is 1.31. The van der Waals surface area contributed by atoms with Crippen LogP contribution in [0.25, 0.3) is 0 Å². The van der Waals surface area contributed by atoms with Crippen molar-refractivity contribution in [3.05, 3.63) is 11.5 Å². The van der Waals surface area contributed by atoms with Gasteiger partial charge in [0, 0.05) is 11.1 Å². The van der Waals surface area contributed by atoms with Gasteiger partial charge in [-0.1, -0.05) is 0 Å². The maximum Gasteiger partial charge on any atom is 0.165 e. The fourth-order valence-electron chi connectivity index (χ4n) is 0.359. The van der Waals surface area contributed by atoms with Gasteiger partial charge in [-0.25, -0.2) is 4.21 Å². The van der Waals surface area contributed by atoms with E-state index in [4.69, 9.17) is 0 Å². The fraction of sp³-hybridized carbons (Fsp3) is 0.250. The van der Waals surface area contributed by atoms with Gasteiger partial charge in [-0.15, -0.1) is 0 Å². The number of rotatable bonds is 0. The van der Waals surface area contributed by atoms with Crippen LogP contribution in [0.1, 0.15) is 6.92 Å². The van der Waals surface area contributed by atoms with E-state index in [0.717, 1.165) is 5.71 Å². The van der Waals surface area contributed by atoms with Crippen LogP contribution in [-0.2, 0) is 11.0 Å². The van der Waals surface area contributed by atoms with E-state index in [2.05, 4.69) is 4.40 Å². The van der Waals surface area contributed by atoms with E-state index in [1.807, 2.05) is 6.92 Å². The van der Waals surface area contributed by atoms with Gasteiger partial charge in [0.1, 0.15) is 0 Å². The minimum atomic E-state index is -1.05. The number of allylic oxidation sites excluding steroid dienone is 1. The van der Waals surface area contributed by atoms with E-state index in [9.17, 15) is 4.21 Å². The van der Waals surface area contributed by atoms with Crippen LogP contribution in [0.5, 0.6) is 0 Å². The third kappa shape index (κ3) is 0.962. The molecule has 1 unspecified atom stereocenters. The molecule has 7 heavy (non-hydrogen) atoms. The standard InChI is InChI=1S/C4H5NOS/c1-4-2-3-7(6)5-4/h2-3H,1H3. The molecular formula is C4H5NOS. The molecule has 0 N–H and O–H groups in total. The molecule has 0 saturated heterocycles. The third-order valence-electron chi connectivity index (χ3n) is 0.660. The summed E-state index contributed by atoms with van der Waals surface area (Å²) >= 11 is 0. The van der Waals surface area contributed by atoms with Gasteiger partial charge in [0.25, 0.3) is 0 Å². The Labute approximate surface area is 44.5 Å². The Morgan fingerprint density at radius 1 is 1.86 bits per heavy atom. The first-order valence-corrected chi connectivity index (χ1v) is 3.10. The maximum absolute atomic E-state index is 10.3. The van der Waals surface area contributed by atoms with Gasteiger partial charge in [-0.05, 0) is 13.0 Å². The van der Waals surface area contributed by atoms with Crippen molar-refractivity contribution in [1.29, 1.82) is 0 Å². The summed E-state index contributed by atoms with van der Waals surface area (Å²) < 4.78 is 14.0. The van der Waals surface area contributed by atoms with E-state index in [1.165, 1.54) is 0 Å². The zero-order chi connectivity index (χ0) is 5.28. The molecule has 1 aliphatic heterocycles. The molecule has 0 aliphatic carbocycles. The van der Waals surface area contributed by atoms with Crippen LogP contribution in [0.2, 0.25) is 0 Å². The lowest BCUT2D eigenvalue weighted by molar-refractivity contribution is 0.690. The molecule has 38 valence electrons. The predicted octanol–water partition coefficient (Wildman–Crippen LogP) is 0.638. The second kappa shape index (κ2) is 1.58. The van der Waals surface area contributed by atoms with E-state index in [0.29, 0.717) is 0 Å². The molecule has 0 aromatic heterocycles. The fourth-order valence-corrected chi connectivity index (χ4v) is 1.08. The first-order chi connectivity index (χ1) is 3.29. The summed E-state index contributed by atoms with van der Waals surface area (Å²) in [5, 5.41) is 1.56. The average molecular weight is 115 g/mol. The number of hydrogen-bond acceptors (Lipinski definition) is 1. The van der Waals surface area contributed by atoms with E-state index < -0.39 is 11.0 Å². The summed E-state index contributed by atoms with van der Waals surface area (Å²) in [6.07, 6.45) is 1.75. The Bertz CT molecular complexity index is 159. The van der Waals surface area contributed by atoms with Crippen molar-refractivity contribution in [3.8, 4) is 0 Å². The molecule has 0 saturated carbocycles. The summed E-state index contributed by atoms with van der Waals surface area (Å²) in [7, 11) is -1.05. The van der Waals surface area contributed by atoms with Crippen LogP contribution in [-0.4, -0.2) is 9.92 Å². The topological polar surface area (TPSA) is 29.4 Å². The molecule has 1 atom stereocenters. The maximum atomic E-state index is 10.3. The van der Waals surface area contributed by atoms with Gasteiger partial charge in [-0.3, -0.25) is 0 Å². The Morgan fingerprint density at radius 2 is 2.57 bits per heavy atom. The van der Waals surface area contributed by atoms with Crippen molar-refractivity contribution >= 4 is 16.7 Å². The van der Waals surface area contributed by atoms with Crippen LogP contribution in [0.4, 0.5) is 0 Å². The van der Waals surface area contributed by atoms with Gasteiger partial charge in [-0.2, -0.15) is 4.40 Å². The van der Waals surface area contributed by atoms with Crippen LogP contribution in [0.3, 0.4) is 0 Å². The summed E-state index contributed by atoms with van der Waals surface area (Å²) in [6, 6.07) is 0. The molecule has 0 amide bonds. The Balaban J connectivity index is 2.88. The van der Waals surface area contributed by atoms with Gasteiger partial charge >= 0.3 is 0 Å². The van der Waals surface area contributed by atoms with Crippen molar-refractivity contribution in [3.63, 3.8) is 0 Å². The molecule has 2 nitrogen and oxygen atoms in total. The minimum Gasteiger partial charge on any atom is -0.230 e. The molecule has 0 spiro atoms. The first kappa shape index (κ1) is 4.71. The van der Waals surface area contributed by atoms with Crippen LogP contribution in [0.15, 0.2) is 15.9 Å². The van der Waals surface area contributed by atoms with Crippen LogP contribution < -0.4 is 0 Å². The summed E-state index contributed by atoms with van der Waals surface area (Å²) in [5.41, 5.74) is 0.846. The molecule has 1 heterocycles. The van der Waals surface area contributed by atoms with Crippen molar-refractivity contribution in [1.82, 2.24) is 0 Å². The van der Waals surface area contributed by atoms with Crippen LogP contribution in [0, 0.1) is 0 Å². The van der Waals surface area contributed by atoms with E-state index in [-0.39, 0.29) is 0 Å². The monoisotopic (exact) mass is 115 g/mol. The lowest BCUT2D eigenvalue weighted by Gasteiger charge is -1.72. The zero-order valence-electron chi connectivity index (χ0n) is 3.92. The number of nitrogens with zero attached hydrogens (tertiary/aromatic N) is 1. The second-order valence-corrected chi connectivity index (χ2v) is 2.32. The van der Waals surface area contributed by atoms with Crippen molar-refractivity contribution in [2.75, 3.05) is 0 Å². The Kier molecular flexibility index (Phi) is 1.06. The van der Waals surface area contributed by atoms with Crippen LogP contribution >= 0.6 is 0 Å². The summed E-state index contributed by atoms with van der Waals surface area (Å²) in [5.74, 6) is 0. The zero-order valence-corrected chi connectivity index (χ0v) is 4.73. The molecule has 1 aliphatic rings. The summed E-state index contributed by atoms with van der Waals surface area (Å²) in [6.45, 7) is 1.82. The number of hydrogen-bond donors (Lipinski definition) is 0. The highest BCUT2D eigenvalue weighted by atomic mass is 32.2. The van der Waals surface area contributed by atoms with Crippen molar-refractivity contribution < 1.29 is 4.21 Å². The molecule has 0 aromatic carbocycles. The Hall–Kier alpha value is -0.440. The van der Waals surface area contributed by atoms with E-state index >= 15 is 0 Å². The van der Waals surface area contributed by atoms with Gasteiger partial charge in [0.05, 0.1) is 0 Å². The smallest absolute Gasteiger partial charge is 0.165 e. The highest BCUT2D eigenvalue weighted by Crippen LogP contribution is 1.97. The molecule has 0 radical (unpaired) electrons. The summed E-state index contributed by atoms with van der Waals surface area (Å²) in [4.78, 5) is 0. The predicted molar refractivity (Wildman–Crippen MR) is 30.4 cm³/mol. The van der Waals surface area contributed by atoms with Gasteiger partial charge in [0.15, 0.2) is 11.0 Å². The molecule has 0 aromatic rings. The molecule has 0 bridgehead atoms. The molecule has 3 heteroatoms. The van der Waals surface area contributed by atoms with Crippen molar-refractivity contribution in [2.45, 2.75) is 6.92 Å². The Morgan fingerprint density at radius 3 is 2.71 bits per heavy atom. The molecule has 1 rings (SSSR count). The van der Waals surface area contributed by atoms with Gasteiger partial charge < -0.3 is 0 Å². The highest BCUT2D eigenvalue weighted by Gasteiger charge is 1.96. The third-order valence-corrected chi connectivity index (χ3v) is 1.50. The van der Waals surface area contributed by atoms with Crippen molar-refractivity contribution in [2.24, 2.45) is 4.40 Å². The largest absolute Gasteiger partial charge is 0.230 e. The SMILES string of the molecule is CC1=NS(=O)C=C1. The minimum absolute atomic E-state index is 0.846. The lowest BCUT2D eigenvalue weighted by Crippen LogP contribution is -1.75.